The van der Waals surface area contributed by atoms with Crippen molar-refractivity contribution in [1.29, 1.82) is 0 Å². The molecule has 1 saturated carbocycles. The van der Waals surface area contributed by atoms with Gasteiger partial charge in [0, 0.05) is 13.0 Å². The Morgan fingerprint density at radius 2 is 1.61 bits per heavy atom. The Hall–Kier alpha value is -0.0800. The minimum absolute atomic E-state index is 0.262. The van der Waals surface area contributed by atoms with Crippen molar-refractivity contribution < 1.29 is 9.84 Å². The average Bonchev–Trinajstić information content (AvgIpc) is 2.37. The van der Waals surface area contributed by atoms with Crippen LogP contribution in [0.1, 0.15) is 77.0 Å². The molecule has 2 radical (unpaired) electrons. The monoisotopic (exact) mass is 254 g/mol. The zero-order valence-electron chi connectivity index (χ0n) is 11.9. The maximum Gasteiger partial charge on any atom is 0.0954 e. The Bertz CT molecular complexity index is 182. The molecule has 1 aliphatic carbocycles. The Kier molecular flexibility index (Phi) is 9.59. The molecule has 0 spiro atoms. The van der Waals surface area contributed by atoms with E-state index in [2.05, 4.69) is 6.92 Å². The Balaban J connectivity index is 1.80. The first kappa shape index (κ1) is 16.0. The van der Waals surface area contributed by atoms with Crippen LogP contribution in [-0.4, -0.2) is 18.8 Å². The first-order chi connectivity index (χ1) is 8.83. The molecule has 0 N–H and O–H groups in total. The maximum absolute atomic E-state index is 11.3. The average molecular weight is 254 g/mol. The van der Waals surface area contributed by atoms with Crippen LogP contribution in [0.5, 0.6) is 0 Å². The minimum Gasteiger partial charge on any atom is -0.378 e. The summed E-state index contributed by atoms with van der Waals surface area (Å²) in [4.78, 5) is 0. The molecule has 18 heavy (non-hydrogen) atoms. The van der Waals surface area contributed by atoms with Gasteiger partial charge in [0.15, 0.2) is 0 Å². The summed E-state index contributed by atoms with van der Waals surface area (Å²) in [5.74, 6) is 0. The molecular formula is C16H30O2. The number of hydrogen-bond acceptors (Lipinski definition) is 1. The van der Waals surface area contributed by atoms with Crippen molar-refractivity contribution >= 4 is 0 Å². The third kappa shape index (κ3) is 8.10. The van der Waals surface area contributed by atoms with Crippen LogP contribution in [0, 0.1) is 6.92 Å². The van der Waals surface area contributed by atoms with E-state index in [9.17, 15) is 5.11 Å². The fourth-order valence-electron chi connectivity index (χ4n) is 2.67. The van der Waals surface area contributed by atoms with E-state index in [-0.39, 0.29) is 12.2 Å². The van der Waals surface area contributed by atoms with Gasteiger partial charge in [0.25, 0.3) is 0 Å². The van der Waals surface area contributed by atoms with Crippen molar-refractivity contribution in [1.82, 2.24) is 0 Å². The molecule has 0 aromatic rings. The molecule has 0 heterocycles. The van der Waals surface area contributed by atoms with Gasteiger partial charge in [-0.3, -0.25) is 0 Å². The molecule has 2 nitrogen and oxygen atoms in total. The molecule has 0 bridgehead atoms. The van der Waals surface area contributed by atoms with E-state index in [1.165, 1.54) is 38.5 Å². The predicted octanol–water partition coefficient (Wildman–Crippen LogP) is 4.70. The van der Waals surface area contributed by atoms with Crippen LogP contribution in [0.25, 0.3) is 0 Å². The highest BCUT2D eigenvalue weighted by Gasteiger charge is 2.21. The van der Waals surface area contributed by atoms with Crippen molar-refractivity contribution in [3.63, 3.8) is 0 Å². The second kappa shape index (κ2) is 10.8. The van der Waals surface area contributed by atoms with Gasteiger partial charge in [-0.2, -0.15) is 0 Å². The fraction of sp³-hybridized carbons (Fsp3) is 0.938. The van der Waals surface area contributed by atoms with E-state index in [0.717, 1.165) is 45.1 Å². The van der Waals surface area contributed by atoms with Gasteiger partial charge in [0.05, 0.1) is 12.2 Å². The molecule has 0 aromatic carbocycles. The Labute approximate surface area is 113 Å². The second-order valence-electron chi connectivity index (χ2n) is 5.61. The van der Waals surface area contributed by atoms with Crippen molar-refractivity contribution in [3.05, 3.63) is 6.92 Å². The molecule has 106 valence electrons. The lowest BCUT2D eigenvalue weighted by atomic mass is 9.95. The summed E-state index contributed by atoms with van der Waals surface area (Å²) in [6.07, 6.45) is 13.8. The van der Waals surface area contributed by atoms with Gasteiger partial charge in [-0.15, -0.1) is 0 Å². The van der Waals surface area contributed by atoms with Gasteiger partial charge < -0.3 is 4.74 Å². The molecule has 0 amide bonds. The summed E-state index contributed by atoms with van der Waals surface area (Å²) in [6.45, 7) is 4.71. The molecule has 0 saturated heterocycles. The lowest BCUT2D eigenvalue weighted by molar-refractivity contribution is -0.0381. The van der Waals surface area contributed by atoms with Gasteiger partial charge in [-0.05, 0) is 25.7 Å². The topological polar surface area (TPSA) is 29.1 Å². The largest absolute Gasteiger partial charge is 0.378 e. The highest BCUT2D eigenvalue weighted by Crippen LogP contribution is 2.21. The van der Waals surface area contributed by atoms with E-state index >= 15 is 0 Å². The Morgan fingerprint density at radius 1 is 0.944 bits per heavy atom. The molecule has 1 rings (SSSR count). The number of ether oxygens (including phenoxy) is 1. The second-order valence-corrected chi connectivity index (χ2v) is 5.61. The maximum atomic E-state index is 11.3. The van der Waals surface area contributed by atoms with Crippen LogP contribution in [-0.2, 0) is 9.84 Å². The molecular weight excluding hydrogens is 224 g/mol. The van der Waals surface area contributed by atoms with Crippen molar-refractivity contribution in [2.24, 2.45) is 0 Å². The van der Waals surface area contributed by atoms with Crippen molar-refractivity contribution in [2.75, 3.05) is 6.61 Å². The molecule has 2 heteroatoms. The summed E-state index contributed by atoms with van der Waals surface area (Å²) < 4.78 is 5.79. The Morgan fingerprint density at radius 3 is 2.28 bits per heavy atom. The summed E-state index contributed by atoms with van der Waals surface area (Å²) in [7, 11) is 0. The molecule has 2 unspecified atom stereocenters. The summed E-state index contributed by atoms with van der Waals surface area (Å²) in [6, 6.07) is 0. The zero-order valence-corrected chi connectivity index (χ0v) is 11.9. The molecule has 0 aliphatic heterocycles. The molecule has 2 atom stereocenters. The van der Waals surface area contributed by atoms with Crippen LogP contribution < -0.4 is 0 Å². The quantitative estimate of drug-likeness (QED) is 0.519. The highest BCUT2D eigenvalue weighted by molar-refractivity contribution is 4.71. The summed E-state index contributed by atoms with van der Waals surface area (Å²) in [5.41, 5.74) is 0. The minimum atomic E-state index is -0.364. The summed E-state index contributed by atoms with van der Waals surface area (Å²) >= 11 is 0. The van der Waals surface area contributed by atoms with E-state index in [1.807, 2.05) is 0 Å². The number of unbranched alkanes of at least 4 members (excludes halogenated alkanes) is 7. The number of rotatable bonds is 10. The first-order valence-corrected chi connectivity index (χ1v) is 7.89. The van der Waals surface area contributed by atoms with E-state index in [1.54, 1.807) is 0 Å². The van der Waals surface area contributed by atoms with Gasteiger partial charge >= 0.3 is 0 Å². The van der Waals surface area contributed by atoms with Crippen LogP contribution in [0.3, 0.4) is 0 Å². The van der Waals surface area contributed by atoms with Crippen LogP contribution in [0.2, 0.25) is 0 Å². The normalized spacial score (nSPS) is 24.3. The van der Waals surface area contributed by atoms with Crippen LogP contribution in [0.4, 0.5) is 0 Å². The summed E-state index contributed by atoms with van der Waals surface area (Å²) in [5, 5.41) is 11.3. The zero-order chi connectivity index (χ0) is 13.1. The van der Waals surface area contributed by atoms with Gasteiger partial charge in [0.2, 0.25) is 0 Å². The lowest BCUT2D eigenvalue weighted by Crippen LogP contribution is -2.25. The van der Waals surface area contributed by atoms with Gasteiger partial charge in [-0.1, -0.05) is 51.9 Å². The molecule has 1 aliphatic rings. The lowest BCUT2D eigenvalue weighted by Gasteiger charge is -2.24. The molecule has 0 aromatic heterocycles. The van der Waals surface area contributed by atoms with Crippen molar-refractivity contribution in [3.8, 4) is 0 Å². The number of hydrogen-bond donors (Lipinski definition) is 0. The third-order valence-electron chi connectivity index (χ3n) is 3.83. The van der Waals surface area contributed by atoms with Crippen LogP contribution >= 0.6 is 0 Å². The van der Waals surface area contributed by atoms with E-state index < -0.39 is 0 Å². The van der Waals surface area contributed by atoms with Gasteiger partial charge in [0.1, 0.15) is 0 Å². The van der Waals surface area contributed by atoms with Crippen LogP contribution in [0.15, 0.2) is 0 Å². The van der Waals surface area contributed by atoms with E-state index in [4.69, 9.17) is 4.74 Å². The highest BCUT2D eigenvalue weighted by atomic mass is 16.5. The fourth-order valence-corrected chi connectivity index (χ4v) is 2.67. The first-order valence-electron chi connectivity index (χ1n) is 7.89. The van der Waals surface area contributed by atoms with Crippen molar-refractivity contribution in [2.45, 2.75) is 89.3 Å². The van der Waals surface area contributed by atoms with Gasteiger partial charge in [-0.25, -0.2) is 5.11 Å². The third-order valence-corrected chi connectivity index (χ3v) is 3.83. The molecule has 1 fully saturated rings. The van der Waals surface area contributed by atoms with E-state index in [0.29, 0.717) is 0 Å². The SMILES string of the molecule is [CH2]CCCCCCCCCOC1CCCC([O])C1. The predicted molar refractivity (Wildman–Crippen MR) is 75.0 cm³/mol. The standard InChI is InChI=1S/C16H30O2/c1-2-3-4-5-6-7-8-9-13-18-16-12-10-11-15(17)14-16/h15-16H,1-14H2. The smallest absolute Gasteiger partial charge is 0.0954 e.